The van der Waals surface area contributed by atoms with Gasteiger partial charge in [0.05, 0.1) is 13.2 Å². The van der Waals surface area contributed by atoms with Gasteiger partial charge in [0.2, 0.25) is 0 Å². The molecule has 0 spiro atoms. The maximum Gasteiger partial charge on any atom is 0.124 e. The highest BCUT2D eigenvalue weighted by molar-refractivity contribution is 6.31. The van der Waals surface area contributed by atoms with Crippen molar-refractivity contribution < 1.29 is 14.6 Å². The minimum atomic E-state index is 0.163. The van der Waals surface area contributed by atoms with Crippen molar-refractivity contribution >= 4 is 11.6 Å². The molecule has 1 fully saturated rings. The van der Waals surface area contributed by atoms with Crippen LogP contribution in [0, 0.1) is 0 Å². The maximum absolute atomic E-state index is 9.53. The van der Waals surface area contributed by atoms with E-state index in [4.69, 9.17) is 21.1 Å². The minimum absolute atomic E-state index is 0.163. The van der Waals surface area contributed by atoms with Crippen LogP contribution in [0.1, 0.15) is 17.5 Å². The first-order chi connectivity index (χ1) is 10.2. The fourth-order valence-corrected chi connectivity index (χ4v) is 2.59. The summed E-state index contributed by atoms with van der Waals surface area (Å²) in [5.41, 5.74) is 2.03. The molecule has 1 aliphatic heterocycles. The number of rotatable bonds is 4. The summed E-state index contributed by atoms with van der Waals surface area (Å²) in [5, 5.41) is 10.2. The quantitative estimate of drug-likeness (QED) is 0.933. The van der Waals surface area contributed by atoms with Gasteiger partial charge < -0.3 is 14.6 Å². The molecule has 0 radical (unpaired) electrons. The average Bonchev–Trinajstić information content (AvgIpc) is 2.98. The van der Waals surface area contributed by atoms with E-state index in [0.717, 1.165) is 29.9 Å². The molecular formula is C17H17ClO3. The molecule has 0 saturated carbocycles. The second kappa shape index (κ2) is 6.37. The first-order valence-corrected chi connectivity index (χ1v) is 7.39. The molecule has 1 heterocycles. The van der Waals surface area contributed by atoms with Crippen molar-refractivity contribution in [2.45, 2.75) is 18.9 Å². The number of aromatic hydroxyl groups is 1. The molecule has 0 aromatic heterocycles. The van der Waals surface area contributed by atoms with Crippen molar-refractivity contribution in [1.82, 2.24) is 0 Å². The maximum atomic E-state index is 9.53. The van der Waals surface area contributed by atoms with E-state index in [-0.39, 0.29) is 11.9 Å². The molecule has 2 aromatic rings. The zero-order chi connectivity index (χ0) is 14.7. The molecular weight excluding hydrogens is 288 g/mol. The Morgan fingerprint density at radius 3 is 2.71 bits per heavy atom. The van der Waals surface area contributed by atoms with Gasteiger partial charge >= 0.3 is 0 Å². The van der Waals surface area contributed by atoms with Crippen LogP contribution in [0.25, 0.3) is 0 Å². The third-order valence-electron chi connectivity index (χ3n) is 3.54. The molecule has 0 aliphatic carbocycles. The number of halogens is 1. The average molecular weight is 305 g/mol. The summed E-state index contributed by atoms with van der Waals surface area (Å²) in [6.45, 7) is 1.44. The number of ether oxygens (including phenoxy) is 2. The zero-order valence-corrected chi connectivity index (χ0v) is 12.3. The Labute approximate surface area is 129 Å². The molecule has 1 N–H and O–H groups in total. The molecule has 0 amide bonds. The summed E-state index contributed by atoms with van der Waals surface area (Å²) in [4.78, 5) is 0. The van der Waals surface area contributed by atoms with Crippen molar-refractivity contribution in [3.63, 3.8) is 0 Å². The highest BCUT2D eigenvalue weighted by Crippen LogP contribution is 2.25. The SMILES string of the molecule is Oc1ccc(Cl)c(Cc2ccc(O[C@@H]3CCOC3)cc2)c1. The van der Waals surface area contributed by atoms with Crippen LogP contribution in [-0.4, -0.2) is 24.4 Å². The van der Waals surface area contributed by atoms with Crippen molar-refractivity contribution in [3.8, 4) is 11.5 Å². The van der Waals surface area contributed by atoms with E-state index in [9.17, 15) is 5.11 Å². The largest absolute Gasteiger partial charge is 0.508 e. The Morgan fingerprint density at radius 1 is 1.19 bits per heavy atom. The Morgan fingerprint density at radius 2 is 2.00 bits per heavy atom. The molecule has 4 heteroatoms. The van der Waals surface area contributed by atoms with Gasteiger partial charge in [0.15, 0.2) is 0 Å². The number of hydrogen-bond acceptors (Lipinski definition) is 3. The van der Waals surface area contributed by atoms with Crippen molar-refractivity contribution in [2.24, 2.45) is 0 Å². The van der Waals surface area contributed by atoms with Gasteiger partial charge in [-0.1, -0.05) is 23.7 Å². The Bertz CT molecular complexity index is 604. The molecule has 3 nitrogen and oxygen atoms in total. The molecule has 2 aromatic carbocycles. The highest BCUT2D eigenvalue weighted by atomic mass is 35.5. The van der Waals surface area contributed by atoms with Gasteiger partial charge in [-0.15, -0.1) is 0 Å². The molecule has 110 valence electrons. The summed E-state index contributed by atoms with van der Waals surface area (Å²) in [5.74, 6) is 1.09. The minimum Gasteiger partial charge on any atom is -0.508 e. The zero-order valence-electron chi connectivity index (χ0n) is 11.6. The Kier molecular flexibility index (Phi) is 4.32. The lowest BCUT2D eigenvalue weighted by Gasteiger charge is -2.12. The van der Waals surface area contributed by atoms with E-state index in [2.05, 4.69) is 0 Å². The van der Waals surface area contributed by atoms with E-state index >= 15 is 0 Å². The molecule has 3 rings (SSSR count). The number of phenolic OH excluding ortho intramolecular Hbond substituents is 1. The molecule has 21 heavy (non-hydrogen) atoms. The standard InChI is InChI=1S/C17H17ClO3/c18-17-6-3-14(19)10-13(17)9-12-1-4-15(5-2-12)21-16-7-8-20-11-16/h1-6,10,16,19H,7-9,11H2/t16-/m1/s1. The fourth-order valence-electron chi connectivity index (χ4n) is 2.40. The lowest BCUT2D eigenvalue weighted by molar-refractivity contribution is 0.141. The van der Waals surface area contributed by atoms with Crippen LogP contribution in [0.4, 0.5) is 0 Å². The van der Waals surface area contributed by atoms with Gasteiger partial charge in [-0.05, 0) is 47.9 Å². The van der Waals surface area contributed by atoms with Crippen LogP contribution < -0.4 is 4.74 Å². The van der Waals surface area contributed by atoms with E-state index in [1.54, 1.807) is 18.2 Å². The van der Waals surface area contributed by atoms with Gasteiger partial charge in [-0.25, -0.2) is 0 Å². The Hall–Kier alpha value is -1.71. The first-order valence-electron chi connectivity index (χ1n) is 7.01. The summed E-state index contributed by atoms with van der Waals surface area (Å²) < 4.78 is 11.1. The van der Waals surface area contributed by atoms with Crippen LogP contribution in [-0.2, 0) is 11.2 Å². The third kappa shape index (κ3) is 3.69. The van der Waals surface area contributed by atoms with Gasteiger partial charge in [0.25, 0.3) is 0 Å². The van der Waals surface area contributed by atoms with Crippen LogP contribution >= 0.6 is 11.6 Å². The van der Waals surface area contributed by atoms with Gasteiger partial charge in [-0.3, -0.25) is 0 Å². The van der Waals surface area contributed by atoms with Crippen molar-refractivity contribution in [2.75, 3.05) is 13.2 Å². The smallest absolute Gasteiger partial charge is 0.124 e. The number of phenols is 1. The number of hydrogen-bond donors (Lipinski definition) is 1. The highest BCUT2D eigenvalue weighted by Gasteiger charge is 2.16. The fraction of sp³-hybridized carbons (Fsp3) is 0.294. The second-order valence-electron chi connectivity index (χ2n) is 5.20. The van der Waals surface area contributed by atoms with E-state index < -0.39 is 0 Å². The molecule has 0 bridgehead atoms. The van der Waals surface area contributed by atoms with E-state index in [1.165, 1.54) is 0 Å². The van der Waals surface area contributed by atoms with Gasteiger partial charge in [0, 0.05) is 11.4 Å². The topological polar surface area (TPSA) is 38.7 Å². The second-order valence-corrected chi connectivity index (χ2v) is 5.61. The molecule has 1 atom stereocenters. The summed E-state index contributed by atoms with van der Waals surface area (Å²) in [6, 6.07) is 13.0. The van der Waals surface area contributed by atoms with Gasteiger partial charge in [0.1, 0.15) is 17.6 Å². The number of benzene rings is 2. The van der Waals surface area contributed by atoms with Crippen molar-refractivity contribution in [1.29, 1.82) is 0 Å². The lowest BCUT2D eigenvalue weighted by Crippen LogP contribution is -2.15. The molecule has 1 saturated heterocycles. The monoisotopic (exact) mass is 304 g/mol. The van der Waals surface area contributed by atoms with Crippen LogP contribution in [0.15, 0.2) is 42.5 Å². The molecule has 0 unspecified atom stereocenters. The predicted molar refractivity (Wildman–Crippen MR) is 82.2 cm³/mol. The van der Waals surface area contributed by atoms with Crippen LogP contribution in [0.5, 0.6) is 11.5 Å². The normalized spacial score (nSPS) is 17.9. The van der Waals surface area contributed by atoms with Gasteiger partial charge in [-0.2, -0.15) is 0 Å². The summed E-state index contributed by atoms with van der Waals surface area (Å²) >= 11 is 6.14. The summed E-state index contributed by atoms with van der Waals surface area (Å²) in [7, 11) is 0. The first kappa shape index (κ1) is 14.2. The lowest BCUT2D eigenvalue weighted by atomic mass is 10.0. The van der Waals surface area contributed by atoms with E-state index in [0.29, 0.717) is 18.1 Å². The van der Waals surface area contributed by atoms with Crippen LogP contribution in [0.2, 0.25) is 5.02 Å². The molecule has 1 aliphatic rings. The van der Waals surface area contributed by atoms with Crippen molar-refractivity contribution in [3.05, 3.63) is 58.6 Å². The van der Waals surface area contributed by atoms with Crippen LogP contribution in [0.3, 0.4) is 0 Å². The Balaban J connectivity index is 1.67. The summed E-state index contributed by atoms with van der Waals surface area (Å²) in [6.07, 6.45) is 1.79. The predicted octanol–water partition coefficient (Wildman–Crippen LogP) is 3.80. The third-order valence-corrected chi connectivity index (χ3v) is 3.91. The van der Waals surface area contributed by atoms with E-state index in [1.807, 2.05) is 24.3 Å².